The van der Waals surface area contributed by atoms with E-state index in [-0.39, 0.29) is 0 Å². The quantitative estimate of drug-likeness (QED) is 0.447. The van der Waals surface area contributed by atoms with Crippen molar-refractivity contribution < 1.29 is 4.74 Å². The van der Waals surface area contributed by atoms with Crippen molar-refractivity contribution in [3.05, 3.63) is 12.3 Å². The smallest absolute Gasteiger partial charge is 0.0954 e. The average molecular weight is 254 g/mol. The van der Waals surface area contributed by atoms with Crippen LogP contribution in [0.15, 0.2) is 12.3 Å². The Balaban J connectivity index is 4.51. The minimum Gasteiger partial charge on any atom is -0.495 e. The molecule has 0 rings (SSSR count). The highest BCUT2D eigenvalue weighted by Gasteiger charge is 2.26. The molecule has 0 spiro atoms. The van der Waals surface area contributed by atoms with E-state index in [2.05, 4.69) is 48.1 Å². The Hall–Kier alpha value is -0.460. The molecule has 108 valence electrons. The van der Waals surface area contributed by atoms with Gasteiger partial charge in [-0.3, -0.25) is 0 Å². The lowest BCUT2D eigenvalue weighted by Gasteiger charge is -2.31. The lowest BCUT2D eigenvalue weighted by molar-refractivity contribution is 0.0768. The normalized spacial score (nSPS) is 16.4. The second-order valence-electron chi connectivity index (χ2n) is 5.63. The van der Waals surface area contributed by atoms with Crippen molar-refractivity contribution in [2.75, 3.05) is 0 Å². The maximum absolute atomic E-state index is 6.01. The van der Waals surface area contributed by atoms with Crippen LogP contribution in [0.1, 0.15) is 73.6 Å². The van der Waals surface area contributed by atoms with Crippen molar-refractivity contribution in [3.8, 4) is 0 Å². The zero-order valence-corrected chi connectivity index (χ0v) is 13.5. The van der Waals surface area contributed by atoms with Crippen molar-refractivity contribution in [3.63, 3.8) is 0 Å². The first-order valence-electron chi connectivity index (χ1n) is 7.86. The third-order valence-corrected chi connectivity index (χ3v) is 4.33. The van der Waals surface area contributed by atoms with Crippen LogP contribution in [-0.2, 0) is 4.74 Å². The molecular formula is C17H34O. The lowest BCUT2D eigenvalue weighted by Crippen LogP contribution is -2.24. The molecule has 0 aromatic carbocycles. The van der Waals surface area contributed by atoms with E-state index < -0.39 is 0 Å². The van der Waals surface area contributed by atoms with E-state index in [1.807, 2.05) is 0 Å². The molecule has 0 aromatic heterocycles. The maximum Gasteiger partial charge on any atom is 0.0954 e. The van der Waals surface area contributed by atoms with Gasteiger partial charge in [-0.1, -0.05) is 60.5 Å². The standard InChI is InChI=1S/C17H34O/c1-8-12-13(5)18-15(7)17(11-4)14(6)16(9-2)10-3/h13-14,16-17H,7-12H2,1-6H3. The highest BCUT2D eigenvalue weighted by atomic mass is 16.5. The number of hydrogen-bond donors (Lipinski definition) is 0. The Morgan fingerprint density at radius 1 is 1.00 bits per heavy atom. The number of allylic oxidation sites excluding steroid dienone is 1. The molecular weight excluding hydrogens is 220 g/mol. The van der Waals surface area contributed by atoms with Crippen LogP contribution in [0.5, 0.6) is 0 Å². The van der Waals surface area contributed by atoms with Crippen LogP contribution in [0.4, 0.5) is 0 Å². The summed E-state index contributed by atoms with van der Waals surface area (Å²) in [4.78, 5) is 0. The van der Waals surface area contributed by atoms with Crippen LogP contribution in [0.3, 0.4) is 0 Å². The van der Waals surface area contributed by atoms with E-state index in [1.165, 1.54) is 19.3 Å². The average Bonchev–Trinajstić information content (AvgIpc) is 2.31. The molecule has 0 fully saturated rings. The largest absolute Gasteiger partial charge is 0.495 e. The maximum atomic E-state index is 6.01. The van der Waals surface area contributed by atoms with Crippen molar-refractivity contribution in [1.29, 1.82) is 0 Å². The van der Waals surface area contributed by atoms with E-state index in [9.17, 15) is 0 Å². The van der Waals surface area contributed by atoms with Gasteiger partial charge in [-0.25, -0.2) is 0 Å². The monoisotopic (exact) mass is 254 g/mol. The lowest BCUT2D eigenvalue weighted by atomic mass is 9.78. The molecule has 0 amide bonds. The minimum absolute atomic E-state index is 0.311. The first kappa shape index (κ1) is 17.5. The third-order valence-electron chi connectivity index (χ3n) is 4.33. The van der Waals surface area contributed by atoms with E-state index >= 15 is 0 Å². The van der Waals surface area contributed by atoms with Crippen LogP contribution in [-0.4, -0.2) is 6.10 Å². The molecule has 0 bridgehead atoms. The summed E-state index contributed by atoms with van der Waals surface area (Å²) in [7, 11) is 0. The van der Waals surface area contributed by atoms with E-state index in [4.69, 9.17) is 4.74 Å². The first-order chi connectivity index (χ1) is 8.51. The van der Waals surface area contributed by atoms with Gasteiger partial charge in [0.05, 0.1) is 11.9 Å². The molecule has 18 heavy (non-hydrogen) atoms. The van der Waals surface area contributed by atoms with Crippen molar-refractivity contribution in [2.45, 2.75) is 79.8 Å². The van der Waals surface area contributed by atoms with Gasteiger partial charge < -0.3 is 4.74 Å². The summed E-state index contributed by atoms with van der Waals surface area (Å²) in [5, 5.41) is 0. The minimum atomic E-state index is 0.311. The molecule has 0 radical (unpaired) electrons. The Bertz CT molecular complexity index is 218. The van der Waals surface area contributed by atoms with Crippen molar-refractivity contribution in [1.82, 2.24) is 0 Å². The number of ether oxygens (including phenoxy) is 1. The van der Waals surface area contributed by atoms with Crippen LogP contribution >= 0.6 is 0 Å². The topological polar surface area (TPSA) is 9.23 Å². The summed E-state index contributed by atoms with van der Waals surface area (Å²) in [5.41, 5.74) is 0. The van der Waals surface area contributed by atoms with Gasteiger partial charge in [0.15, 0.2) is 0 Å². The summed E-state index contributed by atoms with van der Waals surface area (Å²) in [6, 6.07) is 0. The molecule has 0 aliphatic rings. The number of rotatable bonds is 10. The van der Waals surface area contributed by atoms with Crippen LogP contribution < -0.4 is 0 Å². The summed E-state index contributed by atoms with van der Waals surface area (Å²) in [5.74, 6) is 2.98. The molecule has 0 aromatic rings. The fourth-order valence-electron chi connectivity index (χ4n) is 3.06. The van der Waals surface area contributed by atoms with Gasteiger partial charge in [0, 0.05) is 5.92 Å². The predicted octanol–water partition coefficient (Wildman–Crippen LogP) is 5.80. The summed E-state index contributed by atoms with van der Waals surface area (Å²) in [6.07, 6.45) is 6.25. The van der Waals surface area contributed by atoms with Crippen LogP contribution in [0.2, 0.25) is 0 Å². The van der Waals surface area contributed by atoms with E-state index in [1.54, 1.807) is 0 Å². The van der Waals surface area contributed by atoms with E-state index in [0.717, 1.165) is 24.5 Å². The van der Waals surface area contributed by atoms with E-state index in [0.29, 0.717) is 17.9 Å². The van der Waals surface area contributed by atoms with Crippen molar-refractivity contribution >= 4 is 0 Å². The summed E-state index contributed by atoms with van der Waals surface area (Å²) < 4.78 is 6.01. The molecule has 3 unspecified atom stereocenters. The Morgan fingerprint density at radius 2 is 1.56 bits per heavy atom. The molecule has 0 aliphatic carbocycles. The van der Waals surface area contributed by atoms with Gasteiger partial charge >= 0.3 is 0 Å². The Morgan fingerprint density at radius 3 is 1.94 bits per heavy atom. The Labute approximate surface area is 115 Å². The molecule has 3 atom stereocenters. The zero-order valence-electron chi connectivity index (χ0n) is 13.5. The molecule has 1 nitrogen and oxygen atoms in total. The second-order valence-corrected chi connectivity index (χ2v) is 5.63. The predicted molar refractivity (Wildman–Crippen MR) is 81.6 cm³/mol. The van der Waals surface area contributed by atoms with Gasteiger partial charge in [-0.05, 0) is 31.6 Å². The SMILES string of the molecule is C=C(OC(C)CCC)C(CC)C(C)C(CC)CC. The molecule has 0 saturated carbocycles. The zero-order chi connectivity index (χ0) is 14.1. The van der Waals surface area contributed by atoms with Crippen molar-refractivity contribution in [2.24, 2.45) is 17.8 Å². The molecule has 0 saturated heterocycles. The van der Waals surface area contributed by atoms with Gasteiger partial charge in [-0.15, -0.1) is 0 Å². The summed E-state index contributed by atoms with van der Waals surface area (Å²) in [6.45, 7) is 17.8. The first-order valence-corrected chi connectivity index (χ1v) is 7.86. The second kappa shape index (κ2) is 9.47. The van der Waals surface area contributed by atoms with Gasteiger partial charge in [0.2, 0.25) is 0 Å². The molecule has 0 aliphatic heterocycles. The summed E-state index contributed by atoms with van der Waals surface area (Å²) >= 11 is 0. The molecule has 0 N–H and O–H groups in total. The number of hydrogen-bond acceptors (Lipinski definition) is 1. The van der Waals surface area contributed by atoms with Crippen LogP contribution in [0, 0.1) is 17.8 Å². The van der Waals surface area contributed by atoms with Crippen LogP contribution in [0.25, 0.3) is 0 Å². The fraction of sp³-hybridized carbons (Fsp3) is 0.882. The van der Waals surface area contributed by atoms with Gasteiger partial charge in [0.25, 0.3) is 0 Å². The molecule has 0 heterocycles. The highest BCUT2D eigenvalue weighted by Crippen LogP contribution is 2.33. The highest BCUT2D eigenvalue weighted by molar-refractivity contribution is 4.95. The van der Waals surface area contributed by atoms with Gasteiger partial charge in [0.1, 0.15) is 0 Å². The third kappa shape index (κ3) is 5.46. The van der Waals surface area contributed by atoms with Gasteiger partial charge in [-0.2, -0.15) is 0 Å². The Kier molecular flexibility index (Phi) is 9.23. The fourth-order valence-corrected chi connectivity index (χ4v) is 3.06. The molecule has 1 heteroatoms.